The van der Waals surface area contributed by atoms with Gasteiger partial charge in [-0.15, -0.1) is 0 Å². The summed E-state index contributed by atoms with van der Waals surface area (Å²) in [5, 5.41) is 1.63. The molecular formula is C11H7Br2ClN2. The fraction of sp³-hybridized carbons (Fsp3) is 0.273. The maximum Gasteiger partial charge on any atom is 0.133 e. The molecule has 0 bridgehead atoms. The standard InChI is InChI=1S/C11H7Br2ClN2/c12-8-4-6(14)3-7-9(8)15-11(5-1-2-5)16-10(7)13/h3-5H,1-2H2. The van der Waals surface area contributed by atoms with E-state index >= 15 is 0 Å². The summed E-state index contributed by atoms with van der Waals surface area (Å²) in [6, 6.07) is 3.74. The molecule has 0 saturated heterocycles. The second-order valence-corrected chi connectivity index (χ2v) is 5.97. The molecule has 16 heavy (non-hydrogen) atoms. The van der Waals surface area contributed by atoms with Crippen LogP contribution in [0.25, 0.3) is 10.9 Å². The molecule has 0 atom stereocenters. The van der Waals surface area contributed by atoms with E-state index in [-0.39, 0.29) is 0 Å². The van der Waals surface area contributed by atoms with Gasteiger partial charge in [0.1, 0.15) is 10.4 Å². The average Bonchev–Trinajstić information content (AvgIpc) is 3.02. The Hall–Kier alpha value is -0.190. The highest BCUT2D eigenvalue weighted by molar-refractivity contribution is 9.11. The summed E-state index contributed by atoms with van der Waals surface area (Å²) < 4.78 is 1.74. The number of halogens is 3. The van der Waals surface area contributed by atoms with E-state index in [0.717, 1.165) is 25.8 Å². The summed E-state index contributed by atoms with van der Waals surface area (Å²) in [4.78, 5) is 9.06. The van der Waals surface area contributed by atoms with Gasteiger partial charge in [0.15, 0.2) is 0 Å². The minimum atomic E-state index is 0.545. The number of aromatic nitrogens is 2. The fourth-order valence-electron chi connectivity index (χ4n) is 1.66. The van der Waals surface area contributed by atoms with Crippen molar-refractivity contribution >= 4 is 54.4 Å². The van der Waals surface area contributed by atoms with Gasteiger partial charge in [-0.25, -0.2) is 9.97 Å². The van der Waals surface area contributed by atoms with E-state index in [4.69, 9.17) is 11.6 Å². The third kappa shape index (κ3) is 1.87. The van der Waals surface area contributed by atoms with Crippen LogP contribution in [0.2, 0.25) is 5.02 Å². The van der Waals surface area contributed by atoms with Gasteiger partial charge in [0.25, 0.3) is 0 Å². The van der Waals surface area contributed by atoms with E-state index in [0.29, 0.717) is 10.9 Å². The SMILES string of the molecule is Clc1cc(Br)c2nc(C3CC3)nc(Br)c2c1. The zero-order valence-corrected chi connectivity index (χ0v) is 12.1. The minimum Gasteiger partial charge on any atom is -0.231 e. The van der Waals surface area contributed by atoms with Crippen molar-refractivity contribution in [2.24, 2.45) is 0 Å². The molecule has 0 amide bonds. The van der Waals surface area contributed by atoms with Crippen LogP contribution in [0, 0.1) is 0 Å². The maximum atomic E-state index is 6.00. The molecule has 0 aliphatic heterocycles. The van der Waals surface area contributed by atoms with Gasteiger partial charge in [0.2, 0.25) is 0 Å². The summed E-state index contributed by atoms with van der Waals surface area (Å²) >= 11 is 13.0. The van der Waals surface area contributed by atoms with Crippen LogP contribution in [-0.2, 0) is 0 Å². The van der Waals surface area contributed by atoms with E-state index in [1.165, 1.54) is 12.8 Å². The predicted molar refractivity (Wildman–Crippen MR) is 71.9 cm³/mol. The largest absolute Gasteiger partial charge is 0.231 e. The van der Waals surface area contributed by atoms with Crippen molar-refractivity contribution in [3.63, 3.8) is 0 Å². The molecule has 3 rings (SSSR count). The predicted octanol–water partition coefficient (Wildman–Crippen LogP) is 4.69. The number of hydrogen-bond acceptors (Lipinski definition) is 2. The molecule has 1 aliphatic rings. The Kier molecular flexibility index (Phi) is 2.68. The van der Waals surface area contributed by atoms with Crippen molar-refractivity contribution < 1.29 is 0 Å². The number of rotatable bonds is 1. The first kappa shape index (κ1) is 10.9. The maximum absolute atomic E-state index is 6.00. The van der Waals surface area contributed by atoms with Crippen LogP contribution in [-0.4, -0.2) is 9.97 Å². The van der Waals surface area contributed by atoms with Gasteiger partial charge >= 0.3 is 0 Å². The van der Waals surface area contributed by atoms with Crippen molar-refractivity contribution in [3.8, 4) is 0 Å². The van der Waals surface area contributed by atoms with Gasteiger partial charge in [-0.1, -0.05) is 11.6 Å². The normalized spacial score (nSPS) is 15.7. The van der Waals surface area contributed by atoms with Gasteiger partial charge in [-0.05, 0) is 56.8 Å². The molecule has 1 fully saturated rings. The number of hydrogen-bond donors (Lipinski definition) is 0. The van der Waals surface area contributed by atoms with E-state index in [1.54, 1.807) is 0 Å². The Balaban J connectivity index is 2.32. The smallest absolute Gasteiger partial charge is 0.133 e. The average molecular weight is 362 g/mol. The number of benzene rings is 1. The molecule has 1 aromatic carbocycles. The third-order valence-electron chi connectivity index (χ3n) is 2.63. The van der Waals surface area contributed by atoms with Crippen LogP contribution < -0.4 is 0 Å². The van der Waals surface area contributed by atoms with E-state index < -0.39 is 0 Å². The Morgan fingerprint density at radius 3 is 2.62 bits per heavy atom. The van der Waals surface area contributed by atoms with Crippen molar-refractivity contribution in [2.45, 2.75) is 18.8 Å². The second kappa shape index (κ2) is 3.93. The van der Waals surface area contributed by atoms with Crippen LogP contribution in [0.1, 0.15) is 24.6 Å². The molecule has 1 aromatic heterocycles. The summed E-state index contributed by atoms with van der Waals surface area (Å²) in [6.45, 7) is 0. The Morgan fingerprint density at radius 1 is 1.19 bits per heavy atom. The lowest BCUT2D eigenvalue weighted by Crippen LogP contribution is -1.95. The van der Waals surface area contributed by atoms with Crippen LogP contribution in [0.5, 0.6) is 0 Å². The monoisotopic (exact) mass is 360 g/mol. The first-order valence-electron chi connectivity index (χ1n) is 4.97. The molecule has 0 spiro atoms. The van der Waals surface area contributed by atoms with Gasteiger partial charge in [-0.2, -0.15) is 0 Å². The van der Waals surface area contributed by atoms with Crippen LogP contribution in [0.15, 0.2) is 21.2 Å². The lowest BCUT2D eigenvalue weighted by atomic mass is 10.2. The zero-order valence-electron chi connectivity index (χ0n) is 8.17. The van der Waals surface area contributed by atoms with E-state index in [9.17, 15) is 0 Å². The van der Waals surface area contributed by atoms with Crippen molar-refractivity contribution in [1.82, 2.24) is 9.97 Å². The molecule has 2 aromatic rings. The van der Waals surface area contributed by atoms with Gasteiger partial charge < -0.3 is 0 Å². The highest BCUT2D eigenvalue weighted by Crippen LogP contribution is 2.40. The first-order chi connectivity index (χ1) is 7.65. The quantitative estimate of drug-likeness (QED) is 0.688. The topological polar surface area (TPSA) is 25.8 Å². The van der Waals surface area contributed by atoms with Crippen molar-refractivity contribution in [3.05, 3.63) is 32.1 Å². The summed E-state index contributed by atoms with van der Waals surface area (Å²) in [5.74, 6) is 1.48. The van der Waals surface area contributed by atoms with Crippen LogP contribution >= 0.6 is 43.5 Å². The zero-order chi connectivity index (χ0) is 11.3. The Bertz CT molecular complexity index is 582. The highest BCUT2D eigenvalue weighted by atomic mass is 79.9. The molecule has 0 radical (unpaired) electrons. The molecule has 82 valence electrons. The Morgan fingerprint density at radius 2 is 1.94 bits per heavy atom. The molecule has 0 unspecified atom stereocenters. The molecule has 5 heteroatoms. The van der Waals surface area contributed by atoms with Gasteiger partial charge in [-0.3, -0.25) is 0 Å². The summed E-state index contributed by atoms with van der Waals surface area (Å²) in [7, 11) is 0. The summed E-state index contributed by atoms with van der Waals surface area (Å²) in [6.07, 6.45) is 2.40. The molecule has 1 saturated carbocycles. The first-order valence-corrected chi connectivity index (χ1v) is 6.94. The lowest BCUT2D eigenvalue weighted by Gasteiger charge is -2.05. The van der Waals surface area contributed by atoms with Crippen molar-refractivity contribution in [2.75, 3.05) is 0 Å². The lowest BCUT2D eigenvalue weighted by molar-refractivity contribution is 0.937. The van der Waals surface area contributed by atoms with Crippen LogP contribution in [0.4, 0.5) is 0 Å². The summed E-state index contributed by atoms with van der Waals surface area (Å²) in [5.41, 5.74) is 0.924. The Labute approximate surface area is 115 Å². The van der Waals surface area contributed by atoms with Crippen LogP contribution in [0.3, 0.4) is 0 Å². The minimum absolute atomic E-state index is 0.545. The van der Waals surface area contributed by atoms with Crippen molar-refractivity contribution in [1.29, 1.82) is 0 Å². The van der Waals surface area contributed by atoms with Gasteiger partial charge in [0.05, 0.1) is 5.52 Å². The number of nitrogens with zero attached hydrogens (tertiary/aromatic N) is 2. The molecular weight excluding hydrogens is 355 g/mol. The molecule has 2 nitrogen and oxygen atoms in total. The van der Waals surface area contributed by atoms with E-state index in [1.807, 2.05) is 12.1 Å². The fourth-order valence-corrected chi connectivity index (χ4v) is 3.04. The van der Waals surface area contributed by atoms with Gasteiger partial charge in [0, 0.05) is 20.8 Å². The molecule has 1 heterocycles. The van der Waals surface area contributed by atoms with E-state index in [2.05, 4.69) is 41.8 Å². The number of fused-ring (bicyclic) bond motifs is 1. The molecule has 0 N–H and O–H groups in total. The molecule has 1 aliphatic carbocycles. The third-order valence-corrected chi connectivity index (χ3v) is 4.06. The second-order valence-electron chi connectivity index (χ2n) is 3.93. The highest BCUT2D eigenvalue weighted by Gasteiger charge is 2.27.